The van der Waals surface area contributed by atoms with Crippen LogP contribution < -0.4 is 0 Å². The fourth-order valence-electron chi connectivity index (χ4n) is 0.403. The van der Waals surface area contributed by atoms with E-state index >= 15 is 0 Å². The third-order valence-electron chi connectivity index (χ3n) is 0.736. The van der Waals surface area contributed by atoms with E-state index in [1.807, 2.05) is 0 Å². The van der Waals surface area contributed by atoms with Gasteiger partial charge in [0, 0.05) is 0 Å². The summed E-state index contributed by atoms with van der Waals surface area (Å²) in [6.45, 7) is -0.00694. The number of hydrogen-bond acceptors (Lipinski definition) is 2. The molecular formula is C6H12O3. The predicted molar refractivity (Wildman–Crippen MR) is 35.0 cm³/mol. The van der Waals surface area contributed by atoms with E-state index < -0.39 is 0 Å². The molecule has 0 saturated heterocycles. The summed E-state index contributed by atoms with van der Waals surface area (Å²) in [4.78, 5) is 0. The van der Waals surface area contributed by atoms with Gasteiger partial charge < -0.3 is 15.0 Å². The first-order valence-electron chi connectivity index (χ1n) is 2.06. The molecule has 0 atom stereocenters. The molecular weight excluding hydrogens is 120 g/mol. The molecule has 0 amide bonds. The first-order chi connectivity index (χ1) is 3.43. The van der Waals surface area contributed by atoms with Crippen LogP contribution in [-0.2, 0) is 6.61 Å². The summed E-state index contributed by atoms with van der Waals surface area (Å²) in [5.41, 5.74) is 0. The average molecular weight is 132 g/mol. The molecule has 0 fully saturated rings. The van der Waals surface area contributed by atoms with Crippen LogP contribution in [0.15, 0.2) is 22.8 Å². The van der Waals surface area contributed by atoms with Crippen LogP contribution in [0.5, 0.6) is 0 Å². The predicted octanol–water partition coefficient (Wildman–Crippen LogP) is 0.583. The van der Waals surface area contributed by atoms with Crippen LogP contribution in [0, 0.1) is 0 Å². The largest absolute Gasteiger partial charge is 0.467 e. The van der Waals surface area contributed by atoms with E-state index in [4.69, 9.17) is 9.52 Å². The van der Waals surface area contributed by atoms with E-state index in [-0.39, 0.29) is 19.5 Å². The smallest absolute Gasteiger partial charge is 0.129 e. The summed E-state index contributed by atoms with van der Waals surface area (Å²) in [6, 6.07) is 3.46. The molecule has 0 spiro atoms. The lowest BCUT2D eigenvalue weighted by molar-refractivity contribution is 0.247. The van der Waals surface area contributed by atoms with Crippen molar-refractivity contribution in [2.24, 2.45) is 0 Å². The molecule has 3 heteroatoms. The van der Waals surface area contributed by atoms with Gasteiger partial charge in [-0.25, -0.2) is 0 Å². The first-order valence-corrected chi connectivity index (χ1v) is 2.06. The Hall–Kier alpha value is -0.800. The van der Waals surface area contributed by atoms with Crippen LogP contribution in [0.3, 0.4) is 0 Å². The van der Waals surface area contributed by atoms with E-state index in [9.17, 15) is 0 Å². The lowest BCUT2D eigenvalue weighted by Gasteiger charge is -1.79. The van der Waals surface area contributed by atoms with Gasteiger partial charge in [-0.15, -0.1) is 0 Å². The SMILES string of the molecule is C.O.OCc1ccco1. The number of furan rings is 1. The van der Waals surface area contributed by atoms with Gasteiger partial charge in [-0.05, 0) is 12.1 Å². The maximum Gasteiger partial charge on any atom is 0.129 e. The van der Waals surface area contributed by atoms with E-state index in [2.05, 4.69) is 0 Å². The zero-order chi connectivity index (χ0) is 5.11. The molecule has 0 bridgehead atoms. The third-order valence-corrected chi connectivity index (χ3v) is 0.736. The molecule has 54 valence electrons. The molecule has 1 rings (SSSR count). The van der Waals surface area contributed by atoms with Crippen molar-refractivity contribution in [1.29, 1.82) is 0 Å². The maximum absolute atomic E-state index is 8.33. The van der Waals surface area contributed by atoms with E-state index in [0.29, 0.717) is 5.76 Å². The fourth-order valence-corrected chi connectivity index (χ4v) is 0.403. The molecule has 9 heavy (non-hydrogen) atoms. The maximum atomic E-state index is 8.33. The number of aliphatic hydroxyl groups is 1. The van der Waals surface area contributed by atoms with Crippen LogP contribution in [0.25, 0.3) is 0 Å². The third kappa shape index (κ3) is 2.90. The molecule has 1 aromatic heterocycles. The molecule has 0 radical (unpaired) electrons. The average Bonchev–Trinajstić information content (AvgIpc) is 2.14. The molecule has 0 aliphatic rings. The second kappa shape index (κ2) is 5.34. The Bertz CT molecular complexity index is 123. The Morgan fingerprint density at radius 1 is 1.56 bits per heavy atom. The van der Waals surface area contributed by atoms with Crippen molar-refractivity contribution >= 4 is 0 Å². The van der Waals surface area contributed by atoms with Crippen LogP contribution in [0.1, 0.15) is 13.2 Å². The van der Waals surface area contributed by atoms with Crippen LogP contribution in [0.2, 0.25) is 0 Å². The van der Waals surface area contributed by atoms with E-state index in [0.717, 1.165) is 0 Å². The van der Waals surface area contributed by atoms with Crippen LogP contribution >= 0.6 is 0 Å². The molecule has 3 nitrogen and oxygen atoms in total. The summed E-state index contributed by atoms with van der Waals surface area (Å²) in [5, 5.41) is 8.33. The highest BCUT2D eigenvalue weighted by atomic mass is 16.4. The van der Waals surface area contributed by atoms with Crippen molar-refractivity contribution in [1.82, 2.24) is 0 Å². The highest BCUT2D eigenvalue weighted by Crippen LogP contribution is 1.96. The van der Waals surface area contributed by atoms with Gasteiger partial charge in [-0.3, -0.25) is 0 Å². The van der Waals surface area contributed by atoms with E-state index in [1.165, 1.54) is 6.26 Å². The first kappa shape index (κ1) is 11.1. The number of aliphatic hydroxyl groups excluding tert-OH is 1. The van der Waals surface area contributed by atoms with Crippen molar-refractivity contribution in [3.63, 3.8) is 0 Å². The molecule has 0 aliphatic heterocycles. The van der Waals surface area contributed by atoms with Gasteiger partial charge in [0.25, 0.3) is 0 Å². The van der Waals surface area contributed by atoms with E-state index in [1.54, 1.807) is 12.1 Å². The number of hydrogen-bond donors (Lipinski definition) is 1. The lowest BCUT2D eigenvalue weighted by atomic mass is 10.5. The minimum Gasteiger partial charge on any atom is -0.467 e. The summed E-state index contributed by atoms with van der Waals surface area (Å²) in [7, 11) is 0. The molecule has 0 aliphatic carbocycles. The monoisotopic (exact) mass is 132 g/mol. The van der Waals surface area contributed by atoms with Gasteiger partial charge in [0.1, 0.15) is 12.4 Å². The molecule has 1 aromatic rings. The molecule has 3 N–H and O–H groups in total. The molecule has 0 aromatic carbocycles. The van der Waals surface area contributed by atoms with Gasteiger partial charge in [-0.1, -0.05) is 7.43 Å². The van der Waals surface area contributed by atoms with Gasteiger partial charge in [0.05, 0.1) is 6.26 Å². The topological polar surface area (TPSA) is 64.9 Å². The molecule has 0 saturated carbocycles. The Kier molecular flexibility index (Phi) is 6.56. The standard InChI is InChI=1S/C5H6O2.CH4.H2O/c6-4-5-2-1-3-7-5;;/h1-3,6H,4H2;1H4;1H2. The Balaban J connectivity index is 0. The highest BCUT2D eigenvalue weighted by Gasteiger charge is 1.85. The number of rotatable bonds is 1. The van der Waals surface area contributed by atoms with Crippen LogP contribution in [0.4, 0.5) is 0 Å². The van der Waals surface area contributed by atoms with Crippen molar-refractivity contribution in [2.45, 2.75) is 14.0 Å². The minimum absolute atomic E-state index is 0. The van der Waals surface area contributed by atoms with Gasteiger partial charge >= 0.3 is 0 Å². The van der Waals surface area contributed by atoms with Gasteiger partial charge in [0.2, 0.25) is 0 Å². The Labute approximate surface area is 54.2 Å². The fraction of sp³-hybridized carbons (Fsp3) is 0.333. The minimum atomic E-state index is -0.00694. The Morgan fingerprint density at radius 3 is 2.44 bits per heavy atom. The second-order valence-electron chi connectivity index (χ2n) is 1.24. The van der Waals surface area contributed by atoms with Gasteiger partial charge in [0.15, 0.2) is 0 Å². The van der Waals surface area contributed by atoms with Crippen molar-refractivity contribution in [3.05, 3.63) is 24.2 Å². The normalized spacial score (nSPS) is 7.22. The van der Waals surface area contributed by atoms with Crippen molar-refractivity contribution in [3.8, 4) is 0 Å². The van der Waals surface area contributed by atoms with Crippen molar-refractivity contribution in [2.75, 3.05) is 0 Å². The molecule has 0 unspecified atom stereocenters. The van der Waals surface area contributed by atoms with Gasteiger partial charge in [-0.2, -0.15) is 0 Å². The Morgan fingerprint density at radius 2 is 2.22 bits per heavy atom. The summed E-state index contributed by atoms with van der Waals surface area (Å²) in [6.07, 6.45) is 1.53. The lowest BCUT2D eigenvalue weighted by Crippen LogP contribution is -1.72. The summed E-state index contributed by atoms with van der Waals surface area (Å²) >= 11 is 0. The summed E-state index contributed by atoms with van der Waals surface area (Å²) in [5.74, 6) is 0.611. The van der Waals surface area contributed by atoms with Crippen LogP contribution in [-0.4, -0.2) is 10.6 Å². The molecule has 1 heterocycles. The van der Waals surface area contributed by atoms with Crippen molar-refractivity contribution < 1.29 is 15.0 Å². The zero-order valence-electron chi connectivity index (χ0n) is 4.29. The summed E-state index contributed by atoms with van der Waals surface area (Å²) < 4.78 is 4.73. The quantitative estimate of drug-likeness (QED) is 0.607. The second-order valence-corrected chi connectivity index (χ2v) is 1.24. The zero-order valence-corrected chi connectivity index (χ0v) is 4.29. The highest BCUT2D eigenvalue weighted by molar-refractivity contribution is 4.95.